The zero-order chi connectivity index (χ0) is 23.3. The van der Waals surface area contributed by atoms with E-state index in [0.717, 1.165) is 18.7 Å². The Morgan fingerprint density at radius 3 is 2.79 bits per heavy atom. The van der Waals surface area contributed by atoms with Crippen LogP contribution in [0.1, 0.15) is 32.2 Å². The molecular formula is C23H25F2N6O2+. The number of nitrogens with one attached hydrogen (secondary N) is 2. The number of nitrogen functional groups attached to an aromatic ring is 1. The van der Waals surface area contributed by atoms with Gasteiger partial charge in [-0.05, 0) is 43.4 Å². The minimum atomic E-state index is -0.977. The molecule has 1 saturated heterocycles. The normalized spacial score (nSPS) is 18.2. The lowest BCUT2D eigenvalue weighted by Crippen LogP contribution is -2.32. The van der Waals surface area contributed by atoms with E-state index < -0.39 is 22.8 Å². The standard InChI is InChI=1S/C23H24F2N6O2/c1-12(32)30-7-6-15(11-30)31-21-14(10-28-23(29-21)27-9-13-2-3-13)8-16(22(31)33)19-17(24)4-5-18(26)20(19)25/h4-5,8,10,13,15H,2-3,6-7,9,11,26H2,1H3,(H,27,28,29)/p+1. The van der Waals surface area contributed by atoms with E-state index in [4.69, 9.17) is 5.73 Å². The summed E-state index contributed by atoms with van der Waals surface area (Å²) in [5, 5.41) is 3.77. The Kier molecular flexibility index (Phi) is 5.22. The molecular weight excluding hydrogens is 430 g/mol. The lowest BCUT2D eigenvalue weighted by atomic mass is 10.0. The third-order valence-corrected chi connectivity index (χ3v) is 6.44. The van der Waals surface area contributed by atoms with Gasteiger partial charge in [0.2, 0.25) is 11.6 Å². The Morgan fingerprint density at radius 2 is 2.09 bits per heavy atom. The molecule has 10 heteroatoms. The molecule has 5 rings (SSSR count). The molecule has 3 aromatic rings. The number of aromatic amines is 1. The molecule has 1 atom stereocenters. The minimum Gasteiger partial charge on any atom is -0.396 e. The van der Waals surface area contributed by atoms with Crippen molar-refractivity contribution in [3.63, 3.8) is 0 Å². The molecule has 2 fully saturated rings. The van der Waals surface area contributed by atoms with Crippen molar-refractivity contribution >= 4 is 28.6 Å². The van der Waals surface area contributed by atoms with Crippen molar-refractivity contribution < 1.29 is 18.6 Å². The van der Waals surface area contributed by atoms with Crippen LogP contribution in [0, 0.1) is 17.6 Å². The van der Waals surface area contributed by atoms with Crippen LogP contribution in [-0.4, -0.2) is 40.0 Å². The number of aromatic nitrogens is 3. The first-order valence-corrected chi connectivity index (χ1v) is 11.0. The summed E-state index contributed by atoms with van der Waals surface area (Å²) in [6.07, 6.45) is 4.55. The fourth-order valence-electron chi connectivity index (χ4n) is 4.38. The number of benzene rings is 1. The van der Waals surface area contributed by atoms with Crippen LogP contribution in [0.2, 0.25) is 0 Å². The molecule has 0 radical (unpaired) electrons. The first kappa shape index (κ1) is 21.3. The molecule has 2 aromatic heterocycles. The van der Waals surface area contributed by atoms with Gasteiger partial charge in [-0.15, -0.1) is 0 Å². The van der Waals surface area contributed by atoms with Crippen LogP contribution in [0.3, 0.4) is 0 Å². The van der Waals surface area contributed by atoms with Crippen LogP contribution in [0.15, 0.2) is 29.2 Å². The predicted octanol–water partition coefficient (Wildman–Crippen LogP) is 2.35. The van der Waals surface area contributed by atoms with E-state index in [9.17, 15) is 18.4 Å². The zero-order valence-corrected chi connectivity index (χ0v) is 18.2. The molecule has 4 N–H and O–H groups in total. The number of rotatable bonds is 5. The number of likely N-dealkylation sites (tertiary alicyclic amines) is 1. The molecule has 8 nitrogen and oxygen atoms in total. The largest absolute Gasteiger partial charge is 0.396 e. The summed E-state index contributed by atoms with van der Waals surface area (Å²) in [5.41, 5.74) is 4.63. The zero-order valence-electron chi connectivity index (χ0n) is 18.2. The summed E-state index contributed by atoms with van der Waals surface area (Å²) >= 11 is 0. The predicted molar refractivity (Wildman–Crippen MR) is 119 cm³/mol. The fraction of sp³-hybridized carbons (Fsp3) is 0.391. The highest BCUT2D eigenvalue weighted by Crippen LogP contribution is 2.31. The van der Waals surface area contributed by atoms with Crippen LogP contribution in [-0.2, 0) is 4.79 Å². The Balaban J connectivity index is 1.69. The smallest absolute Gasteiger partial charge is 0.391 e. The number of nitrogens with zero attached hydrogens (tertiary/aromatic N) is 3. The topological polar surface area (TPSA) is 107 Å². The van der Waals surface area contributed by atoms with Crippen LogP contribution in [0.4, 0.5) is 20.4 Å². The van der Waals surface area contributed by atoms with Gasteiger partial charge in [-0.25, -0.2) is 13.8 Å². The van der Waals surface area contributed by atoms with Crippen molar-refractivity contribution in [2.45, 2.75) is 32.2 Å². The Bertz CT molecular complexity index is 1320. The van der Waals surface area contributed by atoms with Crippen molar-refractivity contribution in [2.24, 2.45) is 5.92 Å². The molecule has 172 valence electrons. The van der Waals surface area contributed by atoms with Crippen LogP contribution >= 0.6 is 0 Å². The van der Waals surface area contributed by atoms with Gasteiger partial charge in [0.25, 0.3) is 5.56 Å². The highest BCUT2D eigenvalue weighted by Gasteiger charge is 2.31. The molecule has 2 aliphatic rings. The van der Waals surface area contributed by atoms with Crippen molar-refractivity contribution in [2.75, 3.05) is 30.7 Å². The van der Waals surface area contributed by atoms with Crippen molar-refractivity contribution in [3.05, 3.63) is 46.4 Å². The highest BCUT2D eigenvalue weighted by molar-refractivity contribution is 5.82. The fourth-order valence-corrected chi connectivity index (χ4v) is 4.38. The number of fused-ring (bicyclic) bond motifs is 1. The number of amides is 1. The number of pyridine rings is 1. The number of carbonyl (C=O) groups is 1. The lowest BCUT2D eigenvalue weighted by molar-refractivity contribution is -0.363. The van der Waals surface area contributed by atoms with E-state index in [0.29, 0.717) is 42.4 Å². The second-order valence-corrected chi connectivity index (χ2v) is 8.82. The number of H-pyrrole nitrogens is 1. The van der Waals surface area contributed by atoms with Gasteiger partial charge in [-0.3, -0.25) is 19.5 Å². The number of anilines is 2. The van der Waals surface area contributed by atoms with Gasteiger partial charge < -0.3 is 10.6 Å². The second-order valence-electron chi connectivity index (χ2n) is 8.82. The van der Waals surface area contributed by atoms with Gasteiger partial charge in [0.05, 0.1) is 41.0 Å². The van der Waals surface area contributed by atoms with Gasteiger partial charge >= 0.3 is 5.95 Å². The number of nitrogens with two attached hydrogens (primary N) is 1. The molecule has 3 heterocycles. The lowest BCUT2D eigenvalue weighted by Gasteiger charge is -2.18. The van der Waals surface area contributed by atoms with E-state index in [2.05, 4.69) is 15.3 Å². The van der Waals surface area contributed by atoms with Crippen LogP contribution in [0.5, 0.6) is 0 Å². The molecule has 1 aliphatic heterocycles. The van der Waals surface area contributed by atoms with E-state index in [1.54, 1.807) is 11.1 Å². The number of halogens is 2. The maximum absolute atomic E-state index is 14.9. The van der Waals surface area contributed by atoms with Gasteiger partial charge in [0.15, 0.2) is 5.82 Å². The maximum atomic E-state index is 14.9. The molecule has 1 unspecified atom stereocenters. The van der Waals surface area contributed by atoms with Gasteiger partial charge in [0, 0.05) is 20.0 Å². The molecule has 0 spiro atoms. The highest BCUT2D eigenvalue weighted by atomic mass is 19.1. The molecule has 0 bridgehead atoms. The monoisotopic (exact) mass is 455 g/mol. The SMILES string of the molecule is CC(=O)N1CCC(n2c(=O)c(-c3c(F)ccc(N)c3F)cc3c[nH+]c(NCC4CC4)nc32)C1. The number of hydrogen-bond acceptors (Lipinski definition) is 5. The van der Waals surface area contributed by atoms with E-state index >= 15 is 0 Å². The van der Waals surface area contributed by atoms with E-state index in [-0.39, 0.29) is 23.2 Å². The molecule has 1 aromatic carbocycles. The minimum absolute atomic E-state index is 0.0907. The van der Waals surface area contributed by atoms with E-state index in [1.807, 2.05) is 0 Å². The summed E-state index contributed by atoms with van der Waals surface area (Å²) in [6.45, 7) is 3.06. The van der Waals surface area contributed by atoms with E-state index in [1.165, 1.54) is 30.4 Å². The molecule has 1 aliphatic carbocycles. The summed E-state index contributed by atoms with van der Waals surface area (Å²) in [7, 11) is 0. The third kappa shape index (κ3) is 3.90. The van der Waals surface area contributed by atoms with Gasteiger partial charge in [-0.1, -0.05) is 4.98 Å². The number of carbonyl (C=O) groups excluding carboxylic acids is 1. The average molecular weight is 455 g/mol. The quantitative estimate of drug-likeness (QED) is 0.575. The summed E-state index contributed by atoms with van der Waals surface area (Å²) in [4.78, 5) is 34.9. The van der Waals surface area contributed by atoms with Gasteiger partial charge in [-0.2, -0.15) is 0 Å². The summed E-state index contributed by atoms with van der Waals surface area (Å²) in [5.74, 6) is -0.811. The molecule has 1 amide bonds. The average Bonchev–Trinajstić information content (AvgIpc) is 3.49. The number of hydrogen-bond donors (Lipinski definition) is 2. The second kappa shape index (κ2) is 8.09. The maximum Gasteiger partial charge on any atom is 0.391 e. The Labute approximate surface area is 188 Å². The molecule has 33 heavy (non-hydrogen) atoms. The third-order valence-electron chi connectivity index (χ3n) is 6.44. The Morgan fingerprint density at radius 1 is 1.30 bits per heavy atom. The summed E-state index contributed by atoms with van der Waals surface area (Å²) in [6, 6.07) is 3.23. The first-order chi connectivity index (χ1) is 15.8. The Hall–Kier alpha value is -3.56. The van der Waals surface area contributed by atoms with Gasteiger partial charge in [0.1, 0.15) is 5.82 Å². The molecule has 1 saturated carbocycles. The van der Waals surface area contributed by atoms with Crippen LogP contribution < -0.4 is 21.6 Å². The summed E-state index contributed by atoms with van der Waals surface area (Å²) < 4.78 is 31.0. The van der Waals surface area contributed by atoms with Crippen molar-refractivity contribution in [1.82, 2.24) is 14.5 Å². The van der Waals surface area contributed by atoms with Crippen LogP contribution in [0.25, 0.3) is 22.2 Å². The van der Waals surface area contributed by atoms with Crippen molar-refractivity contribution in [3.8, 4) is 11.1 Å². The van der Waals surface area contributed by atoms with Crippen molar-refractivity contribution in [1.29, 1.82) is 0 Å². The first-order valence-electron chi connectivity index (χ1n) is 11.0.